The molecular weight excluding hydrogens is 238 g/mol. The van der Waals surface area contributed by atoms with Gasteiger partial charge in [0.15, 0.2) is 6.04 Å². The van der Waals surface area contributed by atoms with Crippen LogP contribution in [0.15, 0.2) is 30.3 Å². The lowest BCUT2D eigenvalue weighted by Crippen LogP contribution is -2.39. The standard InChI is InChI=1S/C12H13NO5/c1-7(11(15)16)10(14)13-9(12(17)18)8-5-3-2-4-6-8/h2-7,9H,1H3,(H,13,14)(H,15,16)(H,17,18). The molecule has 6 nitrogen and oxygen atoms in total. The van der Waals surface area contributed by atoms with E-state index < -0.39 is 29.8 Å². The molecule has 0 aliphatic carbocycles. The second-order valence-electron chi connectivity index (χ2n) is 3.75. The fourth-order valence-corrected chi connectivity index (χ4v) is 1.31. The number of hydrogen-bond donors (Lipinski definition) is 3. The van der Waals surface area contributed by atoms with Gasteiger partial charge >= 0.3 is 11.9 Å². The number of aliphatic carboxylic acids is 2. The Balaban J connectivity index is 2.86. The molecule has 3 N–H and O–H groups in total. The molecule has 2 atom stereocenters. The number of carboxylic acid groups (broad SMARTS) is 2. The quantitative estimate of drug-likeness (QED) is 0.666. The van der Waals surface area contributed by atoms with E-state index >= 15 is 0 Å². The molecule has 6 heteroatoms. The van der Waals surface area contributed by atoms with Crippen molar-refractivity contribution in [3.8, 4) is 0 Å². The summed E-state index contributed by atoms with van der Waals surface area (Å²) in [6.07, 6.45) is 0. The van der Waals surface area contributed by atoms with Gasteiger partial charge in [0, 0.05) is 0 Å². The van der Waals surface area contributed by atoms with Gasteiger partial charge < -0.3 is 15.5 Å². The van der Waals surface area contributed by atoms with Crippen molar-refractivity contribution < 1.29 is 24.6 Å². The monoisotopic (exact) mass is 251 g/mol. The van der Waals surface area contributed by atoms with Crippen molar-refractivity contribution in [3.05, 3.63) is 35.9 Å². The molecule has 96 valence electrons. The predicted molar refractivity (Wildman–Crippen MR) is 61.8 cm³/mol. The van der Waals surface area contributed by atoms with E-state index in [0.717, 1.165) is 0 Å². The van der Waals surface area contributed by atoms with Crippen molar-refractivity contribution in [2.24, 2.45) is 5.92 Å². The van der Waals surface area contributed by atoms with Crippen LogP contribution in [0.25, 0.3) is 0 Å². The molecule has 0 heterocycles. The number of carbonyl (C=O) groups excluding carboxylic acids is 1. The van der Waals surface area contributed by atoms with Gasteiger partial charge in [-0.05, 0) is 12.5 Å². The van der Waals surface area contributed by atoms with Crippen molar-refractivity contribution >= 4 is 17.8 Å². The molecule has 1 rings (SSSR count). The lowest BCUT2D eigenvalue weighted by atomic mass is 10.1. The number of amides is 1. The predicted octanol–water partition coefficient (Wildman–Crippen LogP) is 0.649. The van der Waals surface area contributed by atoms with Crippen LogP contribution in [-0.4, -0.2) is 28.1 Å². The van der Waals surface area contributed by atoms with Crippen molar-refractivity contribution in [2.75, 3.05) is 0 Å². The molecule has 0 saturated heterocycles. The summed E-state index contributed by atoms with van der Waals surface area (Å²) >= 11 is 0. The first kappa shape index (κ1) is 13.7. The van der Waals surface area contributed by atoms with Gasteiger partial charge in [0.1, 0.15) is 5.92 Å². The maximum Gasteiger partial charge on any atom is 0.330 e. The maximum absolute atomic E-state index is 11.5. The molecule has 0 saturated carbocycles. The van der Waals surface area contributed by atoms with E-state index in [-0.39, 0.29) is 0 Å². The third-order valence-corrected chi connectivity index (χ3v) is 2.43. The molecule has 0 radical (unpaired) electrons. The highest BCUT2D eigenvalue weighted by molar-refractivity contribution is 5.98. The fraction of sp³-hybridized carbons (Fsp3) is 0.250. The van der Waals surface area contributed by atoms with Crippen LogP contribution in [-0.2, 0) is 14.4 Å². The highest BCUT2D eigenvalue weighted by Gasteiger charge is 2.27. The maximum atomic E-state index is 11.5. The van der Waals surface area contributed by atoms with E-state index in [9.17, 15) is 14.4 Å². The summed E-state index contributed by atoms with van der Waals surface area (Å²) in [6, 6.07) is 6.83. The zero-order chi connectivity index (χ0) is 13.7. The van der Waals surface area contributed by atoms with E-state index in [2.05, 4.69) is 5.32 Å². The smallest absolute Gasteiger partial charge is 0.330 e. The van der Waals surface area contributed by atoms with Crippen LogP contribution < -0.4 is 5.32 Å². The van der Waals surface area contributed by atoms with Gasteiger partial charge in [-0.15, -0.1) is 0 Å². The Morgan fingerprint density at radius 3 is 2.06 bits per heavy atom. The van der Waals surface area contributed by atoms with Gasteiger partial charge in [-0.2, -0.15) is 0 Å². The summed E-state index contributed by atoms with van der Waals surface area (Å²) in [5.41, 5.74) is 0.385. The van der Waals surface area contributed by atoms with Gasteiger partial charge in [-0.1, -0.05) is 30.3 Å². The van der Waals surface area contributed by atoms with Crippen LogP contribution in [0.4, 0.5) is 0 Å². The van der Waals surface area contributed by atoms with Gasteiger partial charge in [0.25, 0.3) is 0 Å². The van der Waals surface area contributed by atoms with Gasteiger partial charge in [-0.3, -0.25) is 9.59 Å². The topological polar surface area (TPSA) is 104 Å². The molecule has 2 unspecified atom stereocenters. The van der Waals surface area contributed by atoms with Crippen LogP contribution in [0.3, 0.4) is 0 Å². The first-order valence-corrected chi connectivity index (χ1v) is 5.24. The van der Waals surface area contributed by atoms with Gasteiger partial charge in [0.2, 0.25) is 5.91 Å². The lowest BCUT2D eigenvalue weighted by molar-refractivity contribution is -0.149. The van der Waals surface area contributed by atoms with Crippen molar-refractivity contribution in [1.82, 2.24) is 5.32 Å². The number of rotatable bonds is 5. The Hall–Kier alpha value is -2.37. The SMILES string of the molecule is CC(C(=O)O)C(=O)NC(C(=O)O)c1ccccc1. The van der Waals surface area contributed by atoms with Crippen LogP contribution in [0.1, 0.15) is 18.5 Å². The largest absolute Gasteiger partial charge is 0.481 e. The van der Waals surface area contributed by atoms with Crippen LogP contribution in [0.2, 0.25) is 0 Å². The molecule has 0 aliphatic rings. The molecule has 1 aromatic carbocycles. The van der Waals surface area contributed by atoms with E-state index in [1.165, 1.54) is 6.92 Å². The average molecular weight is 251 g/mol. The highest BCUT2D eigenvalue weighted by Crippen LogP contribution is 2.13. The van der Waals surface area contributed by atoms with Crippen LogP contribution in [0, 0.1) is 5.92 Å². The van der Waals surface area contributed by atoms with Crippen molar-refractivity contribution in [2.45, 2.75) is 13.0 Å². The summed E-state index contributed by atoms with van der Waals surface area (Å²) in [7, 11) is 0. The molecule has 1 amide bonds. The molecule has 0 bridgehead atoms. The average Bonchev–Trinajstić information content (AvgIpc) is 2.35. The Bertz CT molecular complexity index is 457. The normalized spacial score (nSPS) is 13.4. The lowest BCUT2D eigenvalue weighted by Gasteiger charge is -2.16. The first-order valence-electron chi connectivity index (χ1n) is 5.24. The number of benzene rings is 1. The molecule has 0 aliphatic heterocycles. The second kappa shape index (κ2) is 5.81. The third kappa shape index (κ3) is 3.31. The summed E-state index contributed by atoms with van der Waals surface area (Å²) in [5, 5.41) is 19.9. The molecule has 1 aromatic rings. The Kier molecular flexibility index (Phi) is 4.42. The zero-order valence-electron chi connectivity index (χ0n) is 9.66. The van der Waals surface area contributed by atoms with Gasteiger partial charge in [0.05, 0.1) is 0 Å². The molecular formula is C12H13NO5. The highest BCUT2D eigenvalue weighted by atomic mass is 16.4. The first-order chi connectivity index (χ1) is 8.43. The second-order valence-corrected chi connectivity index (χ2v) is 3.75. The molecule has 18 heavy (non-hydrogen) atoms. The third-order valence-electron chi connectivity index (χ3n) is 2.43. The van der Waals surface area contributed by atoms with E-state index in [0.29, 0.717) is 5.56 Å². The summed E-state index contributed by atoms with van der Waals surface area (Å²) < 4.78 is 0. The number of hydrogen-bond acceptors (Lipinski definition) is 3. The van der Waals surface area contributed by atoms with Gasteiger partial charge in [-0.25, -0.2) is 4.79 Å². The number of nitrogens with one attached hydrogen (secondary N) is 1. The molecule has 0 aromatic heterocycles. The van der Waals surface area contributed by atoms with Crippen molar-refractivity contribution in [3.63, 3.8) is 0 Å². The Morgan fingerprint density at radius 2 is 1.61 bits per heavy atom. The van der Waals surface area contributed by atoms with E-state index in [1.807, 2.05) is 0 Å². The molecule has 0 spiro atoms. The minimum atomic E-state index is -1.30. The Morgan fingerprint density at radius 1 is 1.06 bits per heavy atom. The number of carbonyl (C=O) groups is 3. The minimum Gasteiger partial charge on any atom is -0.481 e. The van der Waals surface area contributed by atoms with E-state index in [1.54, 1.807) is 30.3 Å². The van der Waals surface area contributed by atoms with Crippen molar-refractivity contribution in [1.29, 1.82) is 0 Å². The molecule has 0 fully saturated rings. The Labute approximate surface area is 103 Å². The number of carboxylic acids is 2. The van der Waals surface area contributed by atoms with E-state index in [4.69, 9.17) is 10.2 Å². The van der Waals surface area contributed by atoms with Crippen LogP contribution >= 0.6 is 0 Å². The zero-order valence-corrected chi connectivity index (χ0v) is 9.66. The fourth-order valence-electron chi connectivity index (χ4n) is 1.31. The van der Waals surface area contributed by atoms with Crippen LogP contribution in [0.5, 0.6) is 0 Å². The summed E-state index contributed by atoms with van der Waals surface area (Å²) in [4.78, 5) is 33.2. The minimum absolute atomic E-state index is 0.385. The summed E-state index contributed by atoms with van der Waals surface area (Å²) in [5.74, 6) is -4.67. The summed E-state index contributed by atoms with van der Waals surface area (Å²) in [6.45, 7) is 1.20.